The van der Waals surface area contributed by atoms with E-state index in [2.05, 4.69) is 9.97 Å². The number of Topliss-reactive ketones (excluding diaryl/α,β-unsaturated/α-hetero) is 1. The lowest BCUT2D eigenvalue weighted by Crippen LogP contribution is -2.24. The normalized spacial score (nSPS) is 20.5. The van der Waals surface area contributed by atoms with Crippen molar-refractivity contribution in [2.45, 2.75) is 35.5 Å². The Morgan fingerprint density at radius 1 is 1.27 bits per heavy atom. The highest BCUT2D eigenvalue weighted by Gasteiger charge is 2.69. The Kier molecular flexibility index (Phi) is 5.28. The molecule has 1 saturated carbocycles. The first-order valence-electron chi connectivity index (χ1n) is 7.87. The molecule has 1 heterocycles. The minimum atomic E-state index is -1.10. The van der Waals surface area contributed by atoms with Crippen molar-refractivity contribution >= 4 is 46.7 Å². The molecular formula is C18H16Cl2N2O3S. The first kappa shape index (κ1) is 19.1. The molecule has 8 heteroatoms. The number of hydrogen-bond acceptors (Lipinski definition) is 6. The van der Waals surface area contributed by atoms with Crippen LogP contribution < -0.4 is 4.74 Å². The first-order valence-corrected chi connectivity index (χ1v) is 9.61. The zero-order valence-electron chi connectivity index (χ0n) is 14.2. The maximum absolute atomic E-state index is 12.5. The fourth-order valence-corrected chi connectivity index (χ4v) is 3.82. The summed E-state index contributed by atoms with van der Waals surface area (Å²) >= 11 is 13.5. The fourth-order valence-electron chi connectivity index (χ4n) is 2.35. The zero-order chi connectivity index (χ0) is 18.9. The van der Waals surface area contributed by atoms with Gasteiger partial charge in [0, 0.05) is 35.7 Å². The molecule has 1 aromatic carbocycles. The van der Waals surface area contributed by atoms with E-state index in [1.165, 1.54) is 18.7 Å². The predicted octanol–water partition coefficient (Wildman–Crippen LogP) is 4.46. The van der Waals surface area contributed by atoms with E-state index in [-0.39, 0.29) is 5.78 Å². The number of esters is 1. The molecule has 0 bridgehead atoms. The van der Waals surface area contributed by atoms with Crippen molar-refractivity contribution in [1.29, 1.82) is 0 Å². The van der Waals surface area contributed by atoms with Crippen LogP contribution in [0.15, 0.2) is 41.8 Å². The summed E-state index contributed by atoms with van der Waals surface area (Å²) in [6.07, 6.45) is 3.64. The third-order valence-corrected chi connectivity index (χ3v) is 6.30. The lowest BCUT2D eigenvalue weighted by Gasteiger charge is -2.15. The molecule has 0 spiro atoms. The van der Waals surface area contributed by atoms with E-state index in [1.807, 2.05) is 0 Å². The number of carbonyl (C=O) groups excluding carboxylic acids is 2. The van der Waals surface area contributed by atoms with E-state index in [1.54, 1.807) is 43.6 Å². The van der Waals surface area contributed by atoms with Gasteiger partial charge in [-0.2, -0.15) is 0 Å². The van der Waals surface area contributed by atoms with Gasteiger partial charge in [0.05, 0.1) is 0 Å². The van der Waals surface area contributed by atoms with E-state index in [0.717, 1.165) is 0 Å². The van der Waals surface area contributed by atoms with Crippen molar-refractivity contribution in [3.8, 4) is 5.75 Å². The monoisotopic (exact) mass is 410 g/mol. The van der Waals surface area contributed by atoms with E-state index in [0.29, 0.717) is 34.2 Å². The number of nitrogens with zero attached hydrogens (tertiary/aromatic N) is 2. The van der Waals surface area contributed by atoms with Gasteiger partial charge in [-0.3, -0.25) is 9.59 Å². The highest BCUT2D eigenvalue weighted by atomic mass is 35.5. The number of carbonyl (C=O) groups is 2. The van der Waals surface area contributed by atoms with Gasteiger partial charge in [-0.05, 0) is 38.1 Å². The second-order valence-electron chi connectivity index (χ2n) is 6.30. The van der Waals surface area contributed by atoms with Crippen molar-refractivity contribution in [3.63, 3.8) is 0 Å². The summed E-state index contributed by atoms with van der Waals surface area (Å²) in [6, 6.07) is 6.69. The van der Waals surface area contributed by atoms with Gasteiger partial charge in [-0.1, -0.05) is 11.8 Å². The van der Waals surface area contributed by atoms with Gasteiger partial charge in [0.1, 0.15) is 15.5 Å². The van der Waals surface area contributed by atoms with Crippen LogP contribution in [0.25, 0.3) is 0 Å². The molecule has 0 radical (unpaired) electrons. The molecule has 3 rings (SSSR count). The standard InChI is InChI=1S/C18H16Cl2N2O3S/c1-11(23)12-4-5-14(25-15(24)17(2)10-18(17,19)20)13(8-12)9-26-16-21-6-3-7-22-16/h3-8H,9-10H2,1-2H3/t17-/m0/s1. The second-order valence-corrected chi connectivity index (χ2v) is 8.73. The number of benzene rings is 1. The molecule has 1 aliphatic carbocycles. The average molecular weight is 411 g/mol. The van der Waals surface area contributed by atoms with Gasteiger partial charge in [0.15, 0.2) is 10.9 Å². The fraction of sp³-hybridized carbons (Fsp3) is 0.333. The number of hydrogen-bond donors (Lipinski definition) is 0. The average Bonchev–Trinajstić information content (AvgIpc) is 3.14. The van der Waals surface area contributed by atoms with Crippen LogP contribution in [0, 0.1) is 5.41 Å². The number of ketones is 1. The number of ether oxygens (including phenoxy) is 1. The Morgan fingerprint density at radius 2 is 1.92 bits per heavy atom. The summed E-state index contributed by atoms with van der Waals surface area (Å²) < 4.78 is 4.46. The molecule has 0 amide bonds. The minimum absolute atomic E-state index is 0.0697. The molecule has 1 fully saturated rings. The van der Waals surface area contributed by atoms with Crippen molar-refractivity contribution < 1.29 is 14.3 Å². The Labute approximate surface area is 165 Å². The van der Waals surface area contributed by atoms with Crippen LogP contribution in [-0.4, -0.2) is 26.1 Å². The van der Waals surface area contributed by atoms with Crippen LogP contribution in [0.4, 0.5) is 0 Å². The topological polar surface area (TPSA) is 69.2 Å². The number of alkyl halides is 2. The first-order chi connectivity index (χ1) is 12.2. The molecule has 136 valence electrons. The zero-order valence-corrected chi connectivity index (χ0v) is 16.5. The summed E-state index contributed by atoms with van der Waals surface area (Å²) in [6.45, 7) is 3.16. The van der Waals surface area contributed by atoms with E-state index in [4.69, 9.17) is 27.9 Å². The number of halogens is 2. The summed E-state index contributed by atoms with van der Waals surface area (Å²) in [5.74, 6) is 0.262. The van der Waals surface area contributed by atoms with Crippen molar-refractivity contribution in [2.24, 2.45) is 5.41 Å². The summed E-state index contributed by atoms with van der Waals surface area (Å²) in [4.78, 5) is 32.5. The molecule has 0 unspecified atom stereocenters. The van der Waals surface area contributed by atoms with Crippen LogP contribution in [0.3, 0.4) is 0 Å². The Bertz CT molecular complexity index is 861. The Balaban J connectivity index is 1.82. The Morgan fingerprint density at radius 3 is 2.50 bits per heavy atom. The molecule has 26 heavy (non-hydrogen) atoms. The maximum atomic E-state index is 12.5. The second kappa shape index (κ2) is 7.18. The van der Waals surface area contributed by atoms with Crippen LogP contribution in [0.1, 0.15) is 36.2 Å². The van der Waals surface area contributed by atoms with E-state index < -0.39 is 15.7 Å². The maximum Gasteiger partial charge on any atom is 0.320 e. The van der Waals surface area contributed by atoms with Crippen molar-refractivity contribution in [2.75, 3.05) is 0 Å². The van der Waals surface area contributed by atoms with Crippen LogP contribution in [-0.2, 0) is 10.5 Å². The molecule has 1 aliphatic rings. The molecule has 0 aliphatic heterocycles. The van der Waals surface area contributed by atoms with E-state index in [9.17, 15) is 9.59 Å². The molecule has 2 aromatic rings. The van der Waals surface area contributed by atoms with E-state index >= 15 is 0 Å². The lowest BCUT2D eigenvalue weighted by molar-refractivity contribution is -0.139. The quantitative estimate of drug-likeness (QED) is 0.175. The minimum Gasteiger partial charge on any atom is -0.426 e. The smallest absolute Gasteiger partial charge is 0.320 e. The van der Waals surface area contributed by atoms with Gasteiger partial charge < -0.3 is 4.74 Å². The Hall–Kier alpha value is -1.63. The van der Waals surface area contributed by atoms with Gasteiger partial charge in [-0.15, -0.1) is 23.2 Å². The third kappa shape index (κ3) is 3.87. The van der Waals surface area contributed by atoms with Crippen molar-refractivity contribution in [1.82, 2.24) is 9.97 Å². The highest BCUT2D eigenvalue weighted by molar-refractivity contribution is 7.98. The summed E-state index contributed by atoms with van der Waals surface area (Å²) in [5.41, 5.74) is 0.307. The van der Waals surface area contributed by atoms with Crippen LogP contribution in [0.2, 0.25) is 0 Å². The SMILES string of the molecule is CC(=O)c1ccc(OC(=O)[C@]2(C)CC2(Cl)Cl)c(CSc2ncccn2)c1. The number of aromatic nitrogens is 2. The molecule has 1 aromatic heterocycles. The predicted molar refractivity (Wildman–Crippen MR) is 101 cm³/mol. The number of rotatable bonds is 6. The van der Waals surface area contributed by atoms with Crippen LogP contribution >= 0.6 is 35.0 Å². The van der Waals surface area contributed by atoms with Gasteiger partial charge in [0.25, 0.3) is 0 Å². The van der Waals surface area contributed by atoms with Gasteiger partial charge in [-0.25, -0.2) is 9.97 Å². The highest BCUT2D eigenvalue weighted by Crippen LogP contribution is 2.64. The molecule has 1 atom stereocenters. The lowest BCUT2D eigenvalue weighted by atomic mass is 10.1. The largest absolute Gasteiger partial charge is 0.426 e. The van der Waals surface area contributed by atoms with Crippen LogP contribution in [0.5, 0.6) is 5.75 Å². The molecule has 5 nitrogen and oxygen atoms in total. The summed E-state index contributed by atoms with van der Waals surface area (Å²) in [7, 11) is 0. The summed E-state index contributed by atoms with van der Waals surface area (Å²) in [5, 5.41) is 0.590. The van der Waals surface area contributed by atoms with Gasteiger partial charge >= 0.3 is 5.97 Å². The van der Waals surface area contributed by atoms with Gasteiger partial charge in [0.2, 0.25) is 0 Å². The third-order valence-electron chi connectivity index (χ3n) is 4.28. The molecule has 0 saturated heterocycles. The number of thioether (sulfide) groups is 1. The molecular weight excluding hydrogens is 395 g/mol. The molecule has 0 N–H and O–H groups in total. The van der Waals surface area contributed by atoms with Crippen molar-refractivity contribution in [3.05, 3.63) is 47.8 Å².